The highest BCUT2D eigenvalue weighted by Crippen LogP contribution is 2.29. The van der Waals surface area contributed by atoms with Crippen LogP contribution in [-0.4, -0.2) is 30.9 Å². The quantitative estimate of drug-likeness (QED) is 0.920. The van der Waals surface area contributed by atoms with Gasteiger partial charge in [-0.3, -0.25) is 0 Å². The number of hydrogen-bond donors (Lipinski definition) is 1. The molecule has 0 spiro atoms. The maximum absolute atomic E-state index is 12.5. The van der Waals surface area contributed by atoms with Crippen LogP contribution in [0.15, 0.2) is 27.6 Å². The van der Waals surface area contributed by atoms with Gasteiger partial charge < -0.3 is 5.11 Å². The number of aliphatic hydroxyl groups excluding tert-OH is 1. The third-order valence-corrected chi connectivity index (χ3v) is 6.04. The number of aliphatic hydroxyl groups is 1. The van der Waals surface area contributed by atoms with Crippen LogP contribution >= 0.6 is 15.9 Å². The molecule has 18 heavy (non-hydrogen) atoms. The maximum atomic E-state index is 12.5. The first kappa shape index (κ1) is 14.0. The van der Waals surface area contributed by atoms with Crippen LogP contribution in [0.3, 0.4) is 0 Å². The summed E-state index contributed by atoms with van der Waals surface area (Å²) in [5, 5.41) is 9.10. The van der Waals surface area contributed by atoms with Gasteiger partial charge in [-0.05, 0) is 46.0 Å². The normalized spacial score (nSPS) is 21.4. The fourth-order valence-electron chi connectivity index (χ4n) is 2.10. The molecule has 100 valence electrons. The fraction of sp³-hybridized carbons (Fsp3) is 0.500. The first-order valence-electron chi connectivity index (χ1n) is 5.84. The average molecular weight is 334 g/mol. The molecule has 1 unspecified atom stereocenters. The molecule has 0 amide bonds. The Balaban J connectivity index is 2.40. The van der Waals surface area contributed by atoms with Crippen molar-refractivity contribution in [2.75, 3.05) is 13.1 Å². The molecular weight excluding hydrogens is 318 g/mol. The van der Waals surface area contributed by atoms with Crippen LogP contribution in [-0.2, 0) is 16.6 Å². The Hall–Kier alpha value is -0.430. The summed E-state index contributed by atoms with van der Waals surface area (Å²) in [6.07, 6.45) is 0.899. The number of halogens is 1. The molecule has 1 heterocycles. The van der Waals surface area contributed by atoms with Gasteiger partial charge in [0.25, 0.3) is 0 Å². The van der Waals surface area contributed by atoms with Crippen molar-refractivity contribution in [3.8, 4) is 0 Å². The van der Waals surface area contributed by atoms with Gasteiger partial charge in [-0.15, -0.1) is 0 Å². The minimum absolute atomic E-state index is 0.161. The molecule has 1 N–H and O–H groups in total. The molecule has 0 saturated carbocycles. The van der Waals surface area contributed by atoms with Crippen molar-refractivity contribution in [3.63, 3.8) is 0 Å². The molecule has 2 rings (SSSR count). The van der Waals surface area contributed by atoms with Crippen molar-refractivity contribution < 1.29 is 13.5 Å². The van der Waals surface area contributed by atoms with Gasteiger partial charge in [0.1, 0.15) is 0 Å². The van der Waals surface area contributed by atoms with E-state index >= 15 is 0 Å². The molecule has 6 heteroatoms. The third kappa shape index (κ3) is 2.61. The van der Waals surface area contributed by atoms with Crippen molar-refractivity contribution in [3.05, 3.63) is 28.2 Å². The largest absolute Gasteiger partial charge is 0.392 e. The summed E-state index contributed by atoms with van der Waals surface area (Å²) in [6.45, 7) is 3.03. The molecule has 0 radical (unpaired) electrons. The lowest BCUT2D eigenvalue weighted by Gasteiger charge is -2.17. The lowest BCUT2D eigenvalue weighted by atomic mass is 10.2. The standard InChI is InChI=1S/C12H16BrNO3S/c1-9-4-5-14(7-9)18(16,17)12-6-10(8-15)2-3-11(12)13/h2-3,6,9,15H,4-5,7-8H2,1H3. The lowest BCUT2D eigenvalue weighted by Crippen LogP contribution is -2.29. The summed E-state index contributed by atoms with van der Waals surface area (Å²) in [5.41, 5.74) is 0.601. The van der Waals surface area contributed by atoms with Crippen molar-refractivity contribution in [2.24, 2.45) is 5.92 Å². The van der Waals surface area contributed by atoms with E-state index in [0.717, 1.165) is 6.42 Å². The van der Waals surface area contributed by atoms with Gasteiger partial charge in [0, 0.05) is 17.6 Å². The van der Waals surface area contributed by atoms with Crippen LogP contribution in [0.1, 0.15) is 18.9 Å². The van der Waals surface area contributed by atoms with Crippen molar-refractivity contribution in [1.29, 1.82) is 0 Å². The highest BCUT2D eigenvalue weighted by molar-refractivity contribution is 9.10. The fourth-order valence-corrected chi connectivity index (χ4v) is 4.65. The Morgan fingerprint density at radius 2 is 2.22 bits per heavy atom. The highest BCUT2D eigenvalue weighted by Gasteiger charge is 2.31. The van der Waals surface area contributed by atoms with E-state index in [-0.39, 0.29) is 11.5 Å². The predicted molar refractivity (Wildman–Crippen MR) is 72.6 cm³/mol. The van der Waals surface area contributed by atoms with E-state index in [9.17, 15) is 8.42 Å². The predicted octanol–water partition coefficient (Wildman–Crippen LogP) is 1.97. The van der Waals surface area contributed by atoms with Crippen LogP contribution in [0.4, 0.5) is 0 Å². The zero-order chi connectivity index (χ0) is 13.3. The van der Waals surface area contributed by atoms with Gasteiger partial charge >= 0.3 is 0 Å². The van der Waals surface area contributed by atoms with Gasteiger partial charge in [-0.1, -0.05) is 13.0 Å². The van der Waals surface area contributed by atoms with E-state index in [2.05, 4.69) is 22.9 Å². The van der Waals surface area contributed by atoms with Crippen LogP contribution in [0.2, 0.25) is 0 Å². The van der Waals surface area contributed by atoms with E-state index in [1.54, 1.807) is 12.1 Å². The minimum atomic E-state index is -3.46. The Morgan fingerprint density at radius 1 is 1.50 bits per heavy atom. The molecule has 4 nitrogen and oxygen atoms in total. The molecule has 0 aliphatic carbocycles. The van der Waals surface area contributed by atoms with Crippen molar-refractivity contribution in [1.82, 2.24) is 4.31 Å². The monoisotopic (exact) mass is 333 g/mol. The second-order valence-corrected chi connectivity index (χ2v) is 7.44. The van der Waals surface area contributed by atoms with Crippen molar-refractivity contribution in [2.45, 2.75) is 24.8 Å². The van der Waals surface area contributed by atoms with E-state index < -0.39 is 10.0 Å². The maximum Gasteiger partial charge on any atom is 0.244 e. The molecule has 1 aromatic rings. The number of rotatable bonds is 3. The first-order valence-corrected chi connectivity index (χ1v) is 8.08. The molecule has 1 aromatic carbocycles. The zero-order valence-electron chi connectivity index (χ0n) is 10.1. The topological polar surface area (TPSA) is 57.6 Å². The summed E-state index contributed by atoms with van der Waals surface area (Å²) in [4.78, 5) is 0.239. The smallest absolute Gasteiger partial charge is 0.244 e. The molecule has 1 aliphatic heterocycles. The summed E-state index contributed by atoms with van der Waals surface area (Å²) in [5.74, 6) is 0.402. The van der Waals surface area contributed by atoms with Crippen molar-refractivity contribution >= 4 is 26.0 Å². The molecule has 1 saturated heterocycles. The Morgan fingerprint density at radius 3 is 2.78 bits per heavy atom. The van der Waals surface area contributed by atoms with Gasteiger partial charge in [-0.25, -0.2) is 8.42 Å². The van der Waals surface area contributed by atoms with E-state index in [1.807, 2.05) is 0 Å². The molecule has 0 aromatic heterocycles. The van der Waals surface area contributed by atoms with Crippen LogP contribution in [0.5, 0.6) is 0 Å². The van der Waals surface area contributed by atoms with Crippen LogP contribution < -0.4 is 0 Å². The molecule has 0 bridgehead atoms. The number of hydrogen-bond acceptors (Lipinski definition) is 3. The minimum Gasteiger partial charge on any atom is -0.392 e. The van der Waals surface area contributed by atoms with Gasteiger partial charge in [-0.2, -0.15) is 4.31 Å². The Labute approximate surface area is 116 Å². The van der Waals surface area contributed by atoms with E-state index in [0.29, 0.717) is 29.0 Å². The second kappa shape index (κ2) is 5.28. The zero-order valence-corrected chi connectivity index (χ0v) is 12.5. The average Bonchev–Trinajstić information content (AvgIpc) is 2.77. The van der Waals surface area contributed by atoms with Gasteiger partial charge in [0.05, 0.1) is 11.5 Å². The molecule has 1 fully saturated rings. The number of nitrogens with zero attached hydrogens (tertiary/aromatic N) is 1. The van der Waals surface area contributed by atoms with Crippen LogP contribution in [0.25, 0.3) is 0 Å². The molecule has 1 aliphatic rings. The summed E-state index contributed by atoms with van der Waals surface area (Å²) >= 11 is 3.27. The SMILES string of the molecule is CC1CCN(S(=O)(=O)c2cc(CO)ccc2Br)C1. The summed E-state index contributed by atoms with van der Waals surface area (Å²) < 4.78 is 27.0. The second-order valence-electron chi connectivity index (χ2n) is 4.68. The number of sulfonamides is 1. The van der Waals surface area contributed by atoms with E-state index in [1.165, 1.54) is 10.4 Å². The van der Waals surface area contributed by atoms with Gasteiger partial charge in [0.15, 0.2) is 0 Å². The Kier molecular flexibility index (Phi) is 4.11. The highest BCUT2D eigenvalue weighted by atomic mass is 79.9. The number of benzene rings is 1. The van der Waals surface area contributed by atoms with Crippen LogP contribution in [0, 0.1) is 5.92 Å². The first-order chi connectivity index (χ1) is 8.45. The van der Waals surface area contributed by atoms with Gasteiger partial charge in [0.2, 0.25) is 10.0 Å². The summed E-state index contributed by atoms with van der Waals surface area (Å²) in [7, 11) is -3.46. The third-order valence-electron chi connectivity index (χ3n) is 3.18. The molecule has 1 atom stereocenters. The lowest BCUT2D eigenvalue weighted by molar-refractivity contribution is 0.281. The Bertz CT molecular complexity index is 544. The molecular formula is C12H16BrNO3S. The summed E-state index contributed by atoms with van der Waals surface area (Å²) in [6, 6.07) is 4.90. The van der Waals surface area contributed by atoms with E-state index in [4.69, 9.17) is 5.11 Å².